The SMILES string of the molecule is Cc1cnn(-c2cnc3[nH]c(-c4cnn(C5COC5)c4C)cc3c2)c1C. The first-order chi connectivity index (χ1) is 12.6. The minimum absolute atomic E-state index is 0.351. The van der Waals surface area contributed by atoms with Crippen molar-refractivity contribution >= 4 is 11.0 Å². The third-order valence-electron chi connectivity index (χ3n) is 5.26. The first kappa shape index (κ1) is 15.3. The molecule has 0 radical (unpaired) electrons. The van der Waals surface area contributed by atoms with Crippen LogP contribution in [0, 0.1) is 20.8 Å². The third kappa shape index (κ3) is 2.20. The van der Waals surface area contributed by atoms with E-state index in [4.69, 9.17) is 4.74 Å². The summed E-state index contributed by atoms with van der Waals surface area (Å²) in [6.07, 6.45) is 5.65. The lowest BCUT2D eigenvalue weighted by Gasteiger charge is -2.27. The van der Waals surface area contributed by atoms with E-state index in [1.807, 2.05) is 23.3 Å². The van der Waals surface area contributed by atoms with Crippen molar-refractivity contribution in [1.82, 2.24) is 29.5 Å². The Balaban J connectivity index is 1.56. The Bertz CT molecular complexity index is 1110. The summed E-state index contributed by atoms with van der Waals surface area (Å²) in [6.45, 7) is 7.70. The van der Waals surface area contributed by atoms with E-state index in [1.165, 1.54) is 5.56 Å². The second-order valence-electron chi connectivity index (χ2n) is 6.92. The Kier molecular flexibility index (Phi) is 3.27. The molecule has 1 saturated heterocycles. The fourth-order valence-electron chi connectivity index (χ4n) is 3.44. The average molecular weight is 348 g/mol. The second-order valence-corrected chi connectivity index (χ2v) is 6.92. The molecular weight excluding hydrogens is 328 g/mol. The Morgan fingerprint density at radius 2 is 1.88 bits per heavy atom. The van der Waals surface area contributed by atoms with Gasteiger partial charge in [0, 0.05) is 22.3 Å². The molecule has 0 aliphatic carbocycles. The van der Waals surface area contributed by atoms with Crippen molar-refractivity contribution in [2.75, 3.05) is 13.2 Å². The van der Waals surface area contributed by atoms with E-state index in [1.54, 1.807) is 0 Å². The first-order valence-electron chi connectivity index (χ1n) is 8.74. The van der Waals surface area contributed by atoms with Gasteiger partial charge in [0.15, 0.2) is 0 Å². The molecule has 5 heterocycles. The summed E-state index contributed by atoms with van der Waals surface area (Å²) in [5.74, 6) is 0. The quantitative estimate of drug-likeness (QED) is 0.617. The van der Waals surface area contributed by atoms with Gasteiger partial charge < -0.3 is 9.72 Å². The monoisotopic (exact) mass is 348 g/mol. The second kappa shape index (κ2) is 5.54. The molecule has 0 aromatic carbocycles. The lowest BCUT2D eigenvalue weighted by Crippen LogP contribution is -2.31. The number of rotatable bonds is 3. The van der Waals surface area contributed by atoms with Crippen LogP contribution in [-0.4, -0.2) is 42.7 Å². The topological polar surface area (TPSA) is 73.5 Å². The molecule has 1 N–H and O–H groups in total. The molecule has 132 valence electrons. The number of H-pyrrole nitrogens is 1. The number of hydrogen-bond acceptors (Lipinski definition) is 4. The molecule has 1 aliphatic heterocycles. The van der Waals surface area contributed by atoms with Crippen LogP contribution in [-0.2, 0) is 4.74 Å². The van der Waals surface area contributed by atoms with Crippen LogP contribution in [0.1, 0.15) is 23.0 Å². The van der Waals surface area contributed by atoms with Crippen LogP contribution in [0.3, 0.4) is 0 Å². The van der Waals surface area contributed by atoms with Crippen LogP contribution < -0.4 is 0 Å². The number of ether oxygens (including phenoxy) is 1. The molecule has 7 heteroatoms. The predicted octanol–water partition coefficient (Wildman–Crippen LogP) is 3.11. The van der Waals surface area contributed by atoms with Crippen molar-refractivity contribution in [2.45, 2.75) is 26.8 Å². The zero-order chi connectivity index (χ0) is 17.8. The van der Waals surface area contributed by atoms with E-state index in [9.17, 15) is 0 Å². The molecule has 0 saturated carbocycles. The molecule has 7 nitrogen and oxygen atoms in total. The molecule has 0 atom stereocenters. The van der Waals surface area contributed by atoms with Crippen molar-refractivity contribution < 1.29 is 4.74 Å². The highest BCUT2D eigenvalue weighted by Gasteiger charge is 2.24. The molecule has 0 bridgehead atoms. The smallest absolute Gasteiger partial charge is 0.137 e. The highest BCUT2D eigenvalue weighted by molar-refractivity contribution is 5.84. The fraction of sp³-hybridized carbons (Fsp3) is 0.316. The van der Waals surface area contributed by atoms with Crippen LogP contribution >= 0.6 is 0 Å². The highest BCUT2D eigenvalue weighted by Crippen LogP contribution is 2.29. The van der Waals surface area contributed by atoms with Gasteiger partial charge in [-0.3, -0.25) is 4.68 Å². The van der Waals surface area contributed by atoms with E-state index >= 15 is 0 Å². The van der Waals surface area contributed by atoms with Crippen molar-refractivity contribution in [3.05, 3.63) is 47.7 Å². The highest BCUT2D eigenvalue weighted by atomic mass is 16.5. The van der Waals surface area contributed by atoms with Gasteiger partial charge in [-0.05, 0) is 38.5 Å². The molecular formula is C19H20N6O. The van der Waals surface area contributed by atoms with Gasteiger partial charge in [0.1, 0.15) is 5.65 Å². The summed E-state index contributed by atoms with van der Waals surface area (Å²) in [5.41, 5.74) is 7.40. The van der Waals surface area contributed by atoms with Crippen molar-refractivity contribution in [3.63, 3.8) is 0 Å². The van der Waals surface area contributed by atoms with Crippen LogP contribution in [0.5, 0.6) is 0 Å². The van der Waals surface area contributed by atoms with Crippen molar-refractivity contribution in [2.24, 2.45) is 0 Å². The largest absolute Gasteiger partial charge is 0.377 e. The lowest BCUT2D eigenvalue weighted by molar-refractivity contribution is -0.0294. The van der Waals surface area contributed by atoms with Gasteiger partial charge in [-0.25, -0.2) is 9.67 Å². The third-order valence-corrected chi connectivity index (χ3v) is 5.26. The van der Waals surface area contributed by atoms with E-state index in [0.717, 1.165) is 52.6 Å². The van der Waals surface area contributed by atoms with E-state index in [2.05, 4.69) is 57.8 Å². The molecule has 0 amide bonds. The first-order valence-corrected chi connectivity index (χ1v) is 8.74. The zero-order valence-corrected chi connectivity index (χ0v) is 15.0. The Morgan fingerprint density at radius 1 is 1.04 bits per heavy atom. The van der Waals surface area contributed by atoms with Gasteiger partial charge in [-0.1, -0.05) is 0 Å². The molecule has 0 unspecified atom stereocenters. The van der Waals surface area contributed by atoms with Crippen molar-refractivity contribution in [3.8, 4) is 16.9 Å². The molecule has 26 heavy (non-hydrogen) atoms. The summed E-state index contributed by atoms with van der Waals surface area (Å²) in [4.78, 5) is 8.00. The number of nitrogens with zero attached hydrogens (tertiary/aromatic N) is 5. The van der Waals surface area contributed by atoms with Gasteiger partial charge in [0.25, 0.3) is 0 Å². The number of nitrogens with one attached hydrogen (secondary N) is 1. The summed E-state index contributed by atoms with van der Waals surface area (Å²) in [5, 5.41) is 10.1. The zero-order valence-electron chi connectivity index (χ0n) is 15.0. The van der Waals surface area contributed by atoms with E-state index < -0.39 is 0 Å². The number of aromatic amines is 1. The number of aromatic nitrogens is 6. The Hall–Kier alpha value is -2.93. The van der Waals surface area contributed by atoms with Crippen LogP contribution in [0.4, 0.5) is 0 Å². The maximum absolute atomic E-state index is 5.29. The lowest BCUT2D eigenvalue weighted by atomic mass is 10.1. The van der Waals surface area contributed by atoms with Gasteiger partial charge in [-0.15, -0.1) is 0 Å². The molecule has 0 spiro atoms. The summed E-state index contributed by atoms with van der Waals surface area (Å²) in [7, 11) is 0. The number of aryl methyl sites for hydroxylation is 1. The number of pyridine rings is 1. The maximum atomic E-state index is 5.29. The van der Waals surface area contributed by atoms with E-state index in [-0.39, 0.29) is 0 Å². The summed E-state index contributed by atoms with van der Waals surface area (Å²) >= 11 is 0. The summed E-state index contributed by atoms with van der Waals surface area (Å²) in [6, 6.07) is 4.59. The Labute approximate surface area is 150 Å². The van der Waals surface area contributed by atoms with E-state index in [0.29, 0.717) is 6.04 Å². The van der Waals surface area contributed by atoms with Crippen LogP contribution in [0.15, 0.2) is 30.7 Å². The van der Waals surface area contributed by atoms with Crippen molar-refractivity contribution in [1.29, 1.82) is 0 Å². The minimum Gasteiger partial charge on any atom is -0.377 e. The van der Waals surface area contributed by atoms with Gasteiger partial charge in [-0.2, -0.15) is 10.2 Å². The molecule has 1 aliphatic rings. The van der Waals surface area contributed by atoms with Gasteiger partial charge >= 0.3 is 0 Å². The number of hydrogen-bond donors (Lipinski definition) is 1. The van der Waals surface area contributed by atoms with Gasteiger partial charge in [0.2, 0.25) is 0 Å². The summed E-state index contributed by atoms with van der Waals surface area (Å²) < 4.78 is 9.27. The van der Waals surface area contributed by atoms with Crippen LogP contribution in [0.2, 0.25) is 0 Å². The maximum Gasteiger partial charge on any atom is 0.137 e. The Morgan fingerprint density at radius 3 is 2.58 bits per heavy atom. The predicted molar refractivity (Wildman–Crippen MR) is 98.5 cm³/mol. The normalized spacial score (nSPS) is 14.9. The fourth-order valence-corrected chi connectivity index (χ4v) is 3.44. The number of fused-ring (bicyclic) bond motifs is 1. The van der Waals surface area contributed by atoms with Crippen LogP contribution in [0.25, 0.3) is 28.0 Å². The average Bonchev–Trinajstić information content (AvgIpc) is 3.25. The standard InChI is InChI=1S/C19H20N6O/c1-11-6-21-24(12(11)2)15-4-14-5-18(23-19(14)20-7-15)17-8-22-25(13(17)3)16-9-26-10-16/h4-8,16H,9-10H2,1-3H3,(H,20,23). The molecule has 1 fully saturated rings. The molecule has 4 aromatic heterocycles. The molecule has 4 aromatic rings. The van der Waals surface area contributed by atoms with Gasteiger partial charge in [0.05, 0.1) is 49.2 Å². The molecule has 5 rings (SSSR count). The minimum atomic E-state index is 0.351.